The molecule has 0 spiro atoms. The van der Waals surface area contributed by atoms with Crippen molar-refractivity contribution in [3.8, 4) is 0 Å². The molecule has 0 saturated heterocycles. The minimum Gasteiger partial charge on any atom is -0.332 e. The number of nitrogens with one attached hydrogen (secondary N) is 2. The maximum atomic E-state index is 11.6. The summed E-state index contributed by atoms with van der Waals surface area (Å²) < 4.78 is 0.625. The number of aryl methyl sites for hydroxylation is 1. The Bertz CT molecular complexity index is 672. The molecule has 0 aliphatic carbocycles. The molecule has 0 aliphatic heterocycles. The molecule has 1 aromatic heterocycles. The van der Waals surface area contributed by atoms with Crippen LogP contribution in [0.3, 0.4) is 0 Å². The first-order valence-corrected chi connectivity index (χ1v) is 8.80. The van der Waals surface area contributed by atoms with Crippen molar-refractivity contribution in [1.29, 1.82) is 0 Å². The third kappa shape index (κ3) is 5.04. The maximum absolute atomic E-state index is 11.6. The Labute approximate surface area is 142 Å². The molecular weight excluding hydrogens is 336 g/mol. The number of rotatable bonds is 5. The summed E-state index contributed by atoms with van der Waals surface area (Å²) in [5, 5.41) is 15.2. The Morgan fingerprint density at radius 2 is 2.09 bits per heavy atom. The quantitative estimate of drug-likeness (QED) is 0.621. The molecule has 0 bridgehead atoms. The van der Waals surface area contributed by atoms with Crippen molar-refractivity contribution in [3.05, 3.63) is 29.8 Å². The van der Waals surface area contributed by atoms with Crippen molar-refractivity contribution in [2.24, 2.45) is 0 Å². The molecule has 0 atom stereocenters. The third-order valence-electron chi connectivity index (χ3n) is 2.68. The molecule has 8 heteroatoms. The van der Waals surface area contributed by atoms with Crippen molar-refractivity contribution >= 4 is 56.4 Å². The number of thiocarbonyl (C=S) groups is 1. The SMILES string of the molecule is CCCC(=O)Sc1nnc(NC(=S)Nc2ccccc2C)s1. The van der Waals surface area contributed by atoms with E-state index in [2.05, 4.69) is 20.8 Å². The average Bonchev–Trinajstić information content (AvgIpc) is 2.88. The van der Waals surface area contributed by atoms with Crippen molar-refractivity contribution < 1.29 is 4.79 Å². The molecule has 2 N–H and O–H groups in total. The van der Waals surface area contributed by atoms with E-state index in [0.29, 0.717) is 21.0 Å². The summed E-state index contributed by atoms with van der Waals surface area (Å²) in [6, 6.07) is 7.87. The molecule has 0 radical (unpaired) electrons. The van der Waals surface area contributed by atoms with Crippen molar-refractivity contribution in [1.82, 2.24) is 10.2 Å². The lowest BCUT2D eigenvalue weighted by Gasteiger charge is -2.10. The largest absolute Gasteiger partial charge is 0.332 e. The van der Waals surface area contributed by atoms with Gasteiger partial charge in [-0.1, -0.05) is 36.5 Å². The van der Waals surface area contributed by atoms with Gasteiger partial charge >= 0.3 is 0 Å². The lowest BCUT2D eigenvalue weighted by atomic mass is 10.2. The van der Waals surface area contributed by atoms with E-state index in [-0.39, 0.29) is 5.12 Å². The third-order valence-corrected chi connectivity index (χ3v) is 4.70. The second-order valence-corrected chi connectivity index (χ2v) is 7.18. The molecule has 0 aliphatic rings. The van der Waals surface area contributed by atoms with Crippen LogP contribution in [-0.4, -0.2) is 20.4 Å². The zero-order valence-corrected chi connectivity index (χ0v) is 14.7. The smallest absolute Gasteiger partial charge is 0.212 e. The summed E-state index contributed by atoms with van der Waals surface area (Å²) >= 11 is 7.70. The topological polar surface area (TPSA) is 66.9 Å². The summed E-state index contributed by atoms with van der Waals surface area (Å²) in [7, 11) is 0. The second kappa shape index (κ2) is 8.21. The number of aromatic nitrogens is 2. The van der Waals surface area contributed by atoms with Gasteiger partial charge in [-0.05, 0) is 49.0 Å². The summed E-state index contributed by atoms with van der Waals surface area (Å²) in [6.07, 6.45) is 1.38. The lowest BCUT2D eigenvalue weighted by molar-refractivity contribution is -0.111. The highest BCUT2D eigenvalue weighted by molar-refractivity contribution is 8.14. The highest BCUT2D eigenvalue weighted by Gasteiger charge is 2.11. The lowest BCUT2D eigenvalue weighted by Crippen LogP contribution is -2.19. The number of nitrogens with zero attached hydrogens (tertiary/aromatic N) is 2. The van der Waals surface area contributed by atoms with Crippen LogP contribution in [0.4, 0.5) is 10.8 Å². The molecule has 5 nitrogen and oxygen atoms in total. The Morgan fingerprint density at radius 1 is 1.32 bits per heavy atom. The van der Waals surface area contributed by atoms with E-state index in [1.807, 2.05) is 38.1 Å². The summed E-state index contributed by atoms with van der Waals surface area (Å²) in [6.45, 7) is 3.98. The summed E-state index contributed by atoms with van der Waals surface area (Å²) in [4.78, 5) is 11.6. The van der Waals surface area contributed by atoms with E-state index in [4.69, 9.17) is 12.2 Å². The van der Waals surface area contributed by atoms with Gasteiger partial charge in [0.25, 0.3) is 0 Å². The van der Waals surface area contributed by atoms with Crippen LogP contribution in [0.5, 0.6) is 0 Å². The number of carbonyl (C=O) groups excluding carboxylic acids is 1. The van der Waals surface area contributed by atoms with Gasteiger partial charge < -0.3 is 10.6 Å². The van der Waals surface area contributed by atoms with Gasteiger partial charge in [0.05, 0.1) is 0 Å². The van der Waals surface area contributed by atoms with E-state index in [1.165, 1.54) is 11.3 Å². The van der Waals surface area contributed by atoms with Gasteiger partial charge in [-0.15, -0.1) is 10.2 Å². The van der Waals surface area contributed by atoms with Gasteiger partial charge in [-0.2, -0.15) is 0 Å². The average molecular weight is 353 g/mol. The fraction of sp³-hybridized carbons (Fsp3) is 0.286. The highest BCUT2D eigenvalue weighted by atomic mass is 32.2. The monoisotopic (exact) mass is 352 g/mol. The van der Waals surface area contributed by atoms with E-state index < -0.39 is 0 Å². The second-order valence-electron chi connectivity index (χ2n) is 4.49. The van der Waals surface area contributed by atoms with Crippen LogP contribution in [0, 0.1) is 6.92 Å². The van der Waals surface area contributed by atoms with Gasteiger partial charge in [-0.3, -0.25) is 4.79 Å². The maximum Gasteiger partial charge on any atom is 0.212 e. The molecule has 1 heterocycles. The predicted octanol–water partition coefficient (Wildman–Crippen LogP) is 4.07. The summed E-state index contributed by atoms with van der Waals surface area (Å²) in [5.74, 6) is 0. The van der Waals surface area contributed by atoms with Gasteiger partial charge in [0.2, 0.25) is 5.13 Å². The molecule has 0 fully saturated rings. The standard InChI is InChI=1S/C14H16N4OS3/c1-3-6-11(19)21-14-18-17-13(22-14)16-12(20)15-10-8-5-4-7-9(10)2/h4-5,7-8H,3,6H2,1-2H3,(H2,15,16,17,20). The molecule has 22 heavy (non-hydrogen) atoms. The number of thioether (sulfide) groups is 1. The molecule has 0 saturated carbocycles. The number of anilines is 2. The Morgan fingerprint density at radius 3 is 2.82 bits per heavy atom. The van der Waals surface area contributed by atoms with Crippen molar-refractivity contribution in [2.75, 3.05) is 10.6 Å². The first-order valence-electron chi connectivity index (χ1n) is 6.76. The van der Waals surface area contributed by atoms with Gasteiger partial charge in [0, 0.05) is 12.1 Å². The van der Waals surface area contributed by atoms with Crippen LogP contribution in [-0.2, 0) is 4.79 Å². The Balaban J connectivity index is 1.91. The number of para-hydroxylation sites is 1. The highest BCUT2D eigenvalue weighted by Crippen LogP contribution is 2.27. The van der Waals surface area contributed by atoms with E-state index in [1.54, 1.807) is 0 Å². The minimum atomic E-state index is 0.103. The van der Waals surface area contributed by atoms with Gasteiger partial charge in [0.15, 0.2) is 14.6 Å². The van der Waals surface area contributed by atoms with Crippen LogP contribution in [0.2, 0.25) is 0 Å². The Hall–Kier alpha value is -1.51. The molecule has 2 aromatic rings. The van der Waals surface area contributed by atoms with E-state index >= 15 is 0 Å². The molecule has 1 aromatic carbocycles. The molecule has 116 valence electrons. The summed E-state index contributed by atoms with van der Waals surface area (Å²) in [5.41, 5.74) is 2.04. The van der Waals surface area contributed by atoms with Gasteiger partial charge in [0.1, 0.15) is 0 Å². The van der Waals surface area contributed by atoms with Crippen molar-refractivity contribution in [2.45, 2.75) is 31.0 Å². The fourth-order valence-electron chi connectivity index (χ4n) is 1.62. The Kier molecular flexibility index (Phi) is 6.29. The number of carbonyl (C=O) groups is 1. The molecular formula is C14H16N4OS3. The van der Waals surface area contributed by atoms with Crippen LogP contribution >= 0.6 is 35.3 Å². The molecule has 0 unspecified atom stereocenters. The minimum absolute atomic E-state index is 0.103. The molecule has 2 rings (SSSR count). The first kappa shape index (κ1) is 16.9. The van der Waals surface area contributed by atoms with Crippen LogP contribution in [0.25, 0.3) is 0 Å². The van der Waals surface area contributed by atoms with Crippen LogP contribution < -0.4 is 10.6 Å². The van der Waals surface area contributed by atoms with Gasteiger partial charge in [-0.25, -0.2) is 0 Å². The normalized spacial score (nSPS) is 10.3. The predicted molar refractivity (Wildman–Crippen MR) is 96.7 cm³/mol. The number of hydrogen-bond acceptors (Lipinski definition) is 6. The van der Waals surface area contributed by atoms with E-state index in [0.717, 1.165) is 29.4 Å². The number of hydrogen-bond donors (Lipinski definition) is 2. The van der Waals surface area contributed by atoms with Crippen LogP contribution in [0.15, 0.2) is 28.6 Å². The fourth-order valence-corrected chi connectivity index (χ4v) is 3.64. The van der Waals surface area contributed by atoms with Crippen LogP contribution in [0.1, 0.15) is 25.3 Å². The first-order chi connectivity index (χ1) is 10.6. The zero-order valence-electron chi connectivity index (χ0n) is 12.3. The van der Waals surface area contributed by atoms with Crippen molar-refractivity contribution in [3.63, 3.8) is 0 Å². The molecule has 0 amide bonds. The number of benzene rings is 1. The zero-order chi connectivity index (χ0) is 15.9. The van der Waals surface area contributed by atoms with E-state index in [9.17, 15) is 4.79 Å².